The van der Waals surface area contributed by atoms with Gasteiger partial charge in [0.2, 0.25) is 5.89 Å². The van der Waals surface area contributed by atoms with Crippen LogP contribution in [0.15, 0.2) is 27.1 Å². The van der Waals surface area contributed by atoms with Gasteiger partial charge in [0.1, 0.15) is 4.83 Å². The second-order valence-electron chi connectivity index (χ2n) is 3.55. The molecule has 0 N–H and O–H groups in total. The molecule has 0 aromatic carbocycles. The summed E-state index contributed by atoms with van der Waals surface area (Å²) in [5.41, 5.74) is -0.0845. The van der Waals surface area contributed by atoms with Crippen LogP contribution in [0.3, 0.4) is 0 Å². The van der Waals surface area contributed by atoms with Gasteiger partial charge in [-0.1, -0.05) is 5.16 Å². The summed E-state index contributed by atoms with van der Waals surface area (Å²) in [6.45, 7) is 1.98. The van der Waals surface area contributed by atoms with Crippen molar-refractivity contribution in [2.45, 2.75) is 13.5 Å². The van der Waals surface area contributed by atoms with Gasteiger partial charge in [-0.3, -0.25) is 9.36 Å². The molecule has 0 spiro atoms. The van der Waals surface area contributed by atoms with E-state index in [1.165, 1.54) is 22.2 Å². The fraction of sp³-hybridized carbons (Fsp3) is 0.200. The molecule has 3 rings (SSSR count). The summed E-state index contributed by atoms with van der Waals surface area (Å²) < 4.78 is 6.33. The normalized spacial score (nSPS) is 11.1. The van der Waals surface area contributed by atoms with Crippen molar-refractivity contribution in [3.63, 3.8) is 0 Å². The van der Waals surface area contributed by atoms with Crippen LogP contribution in [0.4, 0.5) is 0 Å². The summed E-state index contributed by atoms with van der Waals surface area (Å²) in [5, 5.41) is 6.22. The maximum atomic E-state index is 12.0. The minimum Gasteiger partial charge on any atom is -0.340 e. The van der Waals surface area contributed by atoms with E-state index in [0.29, 0.717) is 17.1 Å². The van der Waals surface area contributed by atoms with Gasteiger partial charge < -0.3 is 4.52 Å². The van der Waals surface area contributed by atoms with Crippen molar-refractivity contribution in [3.8, 4) is 0 Å². The van der Waals surface area contributed by atoms with Crippen molar-refractivity contribution < 1.29 is 4.52 Å². The van der Waals surface area contributed by atoms with E-state index < -0.39 is 0 Å². The third-order valence-electron chi connectivity index (χ3n) is 2.33. The molecule has 0 aliphatic carbocycles. The van der Waals surface area contributed by atoms with Gasteiger partial charge in [0.05, 0.1) is 18.3 Å². The van der Waals surface area contributed by atoms with E-state index in [9.17, 15) is 4.79 Å². The van der Waals surface area contributed by atoms with Crippen molar-refractivity contribution >= 4 is 21.6 Å². The first-order chi connectivity index (χ1) is 8.24. The van der Waals surface area contributed by atoms with Crippen LogP contribution in [0, 0.1) is 6.92 Å². The summed E-state index contributed by atoms with van der Waals surface area (Å²) in [5.74, 6) is 0.957. The summed E-state index contributed by atoms with van der Waals surface area (Å²) >= 11 is 1.45. The third kappa shape index (κ3) is 1.74. The molecule has 0 saturated carbocycles. The minimum atomic E-state index is -0.0845. The number of fused-ring (bicyclic) bond motifs is 1. The van der Waals surface area contributed by atoms with Gasteiger partial charge in [-0.2, -0.15) is 4.98 Å². The maximum Gasteiger partial charge on any atom is 0.262 e. The molecule has 3 aromatic heterocycles. The highest BCUT2D eigenvalue weighted by atomic mass is 32.1. The Labute approximate surface area is 99.5 Å². The Hall–Kier alpha value is -2.02. The average Bonchev–Trinajstić information content (AvgIpc) is 2.92. The van der Waals surface area contributed by atoms with E-state index in [1.807, 2.05) is 5.38 Å². The Balaban J connectivity index is 2.06. The minimum absolute atomic E-state index is 0.0845. The van der Waals surface area contributed by atoms with Crippen LogP contribution in [0.2, 0.25) is 0 Å². The molecule has 6 nitrogen and oxygen atoms in total. The lowest BCUT2D eigenvalue weighted by Crippen LogP contribution is -2.21. The zero-order valence-corrected chi connectivity index (χ0v) is 9.77. The Morgan fingerprint density at radius 2 is 2.41 bits per heavy atom. The lowest BCUT2D eigenvalue weighted by molar-refractivity contribution is 0.386. The molecule has 3 heterocycles. The van der Waals surface area contributed by atoms with Gasteiger partial charge in [-0.05, 0) is 11.4 Å². The molecule has 0 unspecified atom stereocenters. The highest BCUT2D eigenvalue weighted by molar-refractivity contribution is 7.16. The van der Waals surface area contributed by atoms with E-state index in [4.69, 9.17) is 4.52 Å². The van der Waals surface area contributed by atoms with Crippen molar-refractivity contribution in [1.82, 2.24) is 19.7 Å². The Bertz CT molecular complexity index is 727. The zero-order chi connectivity index (χ0) is 11.8. The number of rotatable bonds is 2. The second-order valence-corrected chi connectivity index (χ2v) is 4.44. The van der Waals surface area contributed by atoms with Crippen LogP contribution in [-0.4, -0.2) is 19.7 Å². The molecule has 0 radical (unpaired) electrons. The van der Waals surface area contributed by atoms with E-state index in [-0.39, 0.29) is 12.1 Å². The molecule has 86 valence electrons. The molecule has 0 amide bonds. The molecule has 0 bridgehead atoms. The second kappa shape index (κ2) is 3.77. The molecule has 0 fully saturated rings. The molecule has 0 aliphatic heterocycles. The topological polar surface area (TPSA) is 73.8 Å². The van der Waals surface area contributed by atoms with E-state index >= 15 is 0 Å². The van der Waals surface area contributed by atoms with Crippen molar-refractivity contribution in [1.29, 1.82) is 0 Å². The lowest BCUT2D eigenvalue weighted by Gasteiger charge is -2.00. The van der Waals surface area contributed by atoms with Crippen LogP contribution in [0.1, 0.15) is 11.7 Å². The van der Waals surface area contributed by atoms with Crippen LogP contribution in [0.25, 0.3) is 10.2 Å². The number of thiophene rings is 1. The van der Waals surface area contributed by atoms with Gasteiger partial charge in [0, 0.05) is 6.92 Å². The first kappa shape index (κ1) is 10.2. The predicted molar refractivity (Wildman–Crippen MR) is 62.0 cm³/mol. The van der Waals surface area contributed by atoms with Crippen LogP contribution in [0.5, 0.6) is 0 Å². The predicted octanol–water partition coefficient (Wildman–Crippen LogP) is 1.20. The molecule has 17 heavy (non-hydrogen) atoms. The highest BCUT2D eigenvalue weighted by Gasteiger charge is 2.08. The van der Waals surface area contributed by atoms with Gasteiger partial charge in [0.15, 0.2) is 5.82 Å². The number of nitrogens with zero attached hydrogens (tertiary/aromatic N) is 4. The lowest BCUT2D eigenvalue weighted by atomic mass is 10.4. The number of hydrogen-bond donors (Lipinski definition) is 0. The monoisotopic (exact) mass is 248 g/mol. The standard InChI is InChI=1S/C10H8N4O2S/c1-6-12-8(13-16-6)4-14-5-11-9-7(10(14)15)2-3-17-9/h2-3,5H,4H2,1H3. The molecular weight excluding hydrogens is 240 g/mol. The SMILES string of the molecule is Cc1nc(Cn2cnc3sccc3c2=O)no1. The summed E-state index contributed by atoms with van der Waals surface area (Å²) in [4.78, 5) is 21.0. The van der Waals surface area contributed by atoms with Gasteiger partial charge in [-0.15, -0.1) is 11.3 Å². The molecular formula is C10H8N4O2S. The molecule has 0 atom stereocenters. The largest absolute Gasteiger partial charge is 0.340 e. The molecule has 0 aliphatic rings. The van der Waals surface area contributed by atoms with Crippen LogP contribution < -0.4 is 5.56 Å². The Morgan fingerprint density at radius 1 is 1.53 bits per heavy atom. The maximum absolute atomic E-state index is 12.0. The number of hydrogen-bond acceptors (Lipinski definition) is 6. The number of aromatic nitrogens is 4. The number of aryl methyl sites for hydroxylation is 1. The van der Waals surface area contributed by atoms with Crippen molar-refractivity contribution in [2.24, 2.45) is 0 Å². The van der Waals surface area contributed by atoms with Gasteiger partial charge in [0.25, 0.3) is 5.56 Å². The van der Waals surface area contributed by atoms with E-state index in [2.05, 4.69) is 15.1 Å². The highest BCUT2D eigenvalue weighted by Crippen LogP contribution is 2.13. The summed E-state index contributed by atoms with van der Waals surface area (Å²) in [6.07, 6.45) is 1.51. The molecule has 3 aromatic rings. The third-order valence-corrected chi connectivity index (χ3v) is 3.15. The molecule has 0 saturated heterocycles. The smallest absolute Gasteiger partial charge is 0.262 e. The van der Waals surface area contributed by atoms with Crippen LogP contribution in [-0.2, 0) is 6.54 Å². The van der Waals surface area contributed by atoms with E-state index in [1.54, 1.807) is 13.0 Å². The fourth-order valence-corrected chi connectivity index (χ4v) is 2.29. The molecule has 7 heteroatoms. The average molecular weight is 248 g/mol. The first-order valence-electron chi connectivity index (χ1n) is 4.96. The summed E-state index contributed by atoms with van der Waals surface area (Å²) in [7, 11) is 0. The summed E-state index contributed by atoms with van der Waals surface area (Å²) in [6, 6.07) is 1.77. The fourth-order valence-electron chi connectivity index (χ4n) is 1.56. The Morgan fingerprint density at radius 3 is 3.18 bits per heavy atom. The van der Waals surface area contributed by atoms with Crippen molar-refractivity contribution in [2.75, 3.05) is 0 Å². The zero-order valence-electron chi connectivity index (χ0n) is 8.95. The van der Waals surface area contributed by atoms with Crippen LogP contribution >= 0.6 is 11.3 Å². The Kier molecular flexibility index (Phi) is 2.25. The van der Waals surface area contributed by atoms with Crippen molar-refractivity contribution in [3.05, 3.63) is 39.8 Å². The first-order valence-corrected chi connectivity index (χ1v) is 5.84. The van der Waals surface area contributed by atoms with Gasteiger partial charge in [-0.25, -0.2) is 4.98 Å². The quantitative estimate of drug-likeness (QED) is 0.681. The van der Waals surface area contributed by atoms with Gasteiger partial charge >= 0.3 is 0 Å². The van der Waals surface area contributed by atoms with E-state index in [0.717, 1.165) is 4.83 Å².